The molecule has 1 aromatic rings. The van der Waals surface area contributed by atoms with Crippen molar-refractivity contribution in [1.29, 1.82) is 0 Å². The SMILES string of the molecule is Cc1cc(C)c([C@H](N)CC(N)=O)cc1C. The summed E-state index contributed by atoms with van der Waals surface area (Å²) in [5, 5.41) is 0. The molecular weight excluding hydrogens is 188 g/mol. The fraction of sp³-hybridized carbons (Fsp3) is 0.417. The van der Waals surface area contributed by atoms with Crippen LogP contribution in [0.1, 0.15) is 34.7 Å². The summed E-state index contributed by atoms with van der Waals surface area (Å²) < 4.78 is 0. The van der Waals surface area contributed by atoms with Gasteiger partial charge in [0.25, 0.3) is 0 Å². The average molecular weight is 206 g/mol. The number of carbonyl (C=O) groups is 1. The minimum Gasteiger partial charge on any atom is -0.370 e. The first kappa shape index (κ1) is 11.7. The number of carbonyl (C=O) groups excluding carboxylic acids is 1. The van der Waals surface area contributed by atoms with Crippen molar-refractivity contribution in [2.45, 2.75) is 33.2 Å². The van der Waals surface area contributed by atoms with Crippen molar-refractivity contribution in [1.82, 2.24) is 0 Å². The van der Waals surface area contributed by atoms with Crippen molar-refractivity contribution in [3.05, 3.63) is 34.4 Å². The predicted molar refractivity (Wildman–Crippen MR) is 61.4 cm³/mol. The third-order valence-electron chi connectivity index (χ3n) is 2.70. The van der Waals surface area contributed by atoms with Crippen molar-refractivity contribution >= 4 is 5.91 Å². The molecule has 1 amide bonds. The number of hydrogen-bond acceptors (Lipinski definition) is 2. The second kappa shape index (κ2) is 4.45. The fourth-order valence-electron chi connectivity index (χ4n) is 1.71. The lowest BCUT2D eigenvalue weighted by atomic mass is 9.94. The molecule has 0 bridgehead atoms. The fourth-order valence-corrected chi connectivity index (χ4v) is 1.71. The van der Waals surface area contributed by atoms with E-state index in [2.05, 4.69) is 13.0 Å². The summed E-state index contributed by atoms with van der Waals surface area (Å²) in [5.41, 5.74) is 15.6. The molecule has 0 fully saturated rings. The van der Waals surface area contributed by atoms with E-state index >= 15 is 0 Å². The largest absolute Gasteiger partial charge is 0.370 e. The van der Waals surface area contributed by atoms with Crippen molar-refractivity contribution < 1.29 is 4.79 Å². The summed E-state index contributed by atoms with van der Waals surface area (Å²) in [7, 11) is 0. The summed E-state index contributed by atoms with van der Waals surface area (Å²) in [6, 6.07) is 3.84. The molecule has 1 atom stereocenters. The highest BCUT2D eigenvalue weighted by Gasteiger charge is 2.12. The molecule has 0 aliphatic heterocycles. The van der Waals surface area contributed by atoms with Gasteiger partial charge in [0.2, 0.25) is 5.91 Å². The van der Waals surface area contributed by atoms with Crippen molar-refractivity contribution in [3.8, 4) is 0 Å². The Balaban J connectivity index is 3.03. The summed E-state index contributed by atoms with van der Waals surface area (Å²) in [6.07, 6.45) is 0.198. The van der Waals surface area contributed by atoms with Gasteiger partial charge in [0.15, 0.2) is 0 Å². The second-order valence-electron chi connectivity index (χ2n) is 4.07. The van der Waals surface area contributed by atoms with Crippen LogP contribution in [0.15, 0.2) is 12.1 Å². The maximum Gasteiger partial charge on any atom is 0.219 e. The van der Waals surface area contributed by atoms with Crippen LogP contribution in [0.25, 0.3) is 0 Å². The zero-order chi connectivity index (χ0) is 11.6. The quantitative estimate of drug-likeness (QED) is 0.786. The zero-order valence-electron chi connectivity index (χ0n) is 9.50. The van der Waals surface area contributed by atoms with E-state index in [0.717, 1.165) is 11.1 Å². The molecule has 0 saturated heterocycles. The van der Waals surface area contributed by atoms with Crippen LogP contribution in [0.5, 0.6) is 0 Å². The lowest BCUT2D eigenvalue weighted by Gasteiger charge is -2.15. The highest BCUT2D eigenvalue weighted by atomic mass is 16.1. The number of aryl methyl sites for hydroxylation is 3. The first-order chi connectivity index (χ1) is 6.91. The van der Waals surface area contributed by atoms with Gasteiger partial charge in [-0.05, 0) is 43.0 Å². The lowest BCUT2D eigenvalue weighted by Crippen LogP contribution is -2.21. The van der Waals surface area contributed by atoms with Crippen LogP contribution < -0.4 is 11.5 Å². The van der Waals surface area contributed by atoms with Crippen molar-refractivity contribution in [2.75, 3.05) is 0 Å². The monoisotopic (exact) mass is 206 g/mol. The highest BCUT2D eigenvalue weighted by molar-refractivity contribution is 5.74. The normalized spacial score (nSPS) is 12.5. The van der Waals surface area contributed by atoms with Crippen molar-refractivity contribution in [3.63, 3.8) is 0 Å². The third-order valence-corrected chi connectivity index (χ3v) is 2.70. The second-order valence-corrected chi connectivity index (χ2v) is 4.07. The Hall–Kier alpha value is -1.35. The molecule has 4 N–H and O–H groups in total. The Morgan fingerprint density at radius 3 is 2.27 bits per heavy atom. The van der Waals surface area contributed by atoms with E-state index in [1.807, 2.05) is 19.9 Å². The number of hydrogen-bond donors (Lipinski definition) is 2. The molecule has 0 aliphatic rings. The number of rotatable bonds is 3. The molecule has 1 aromatic carbocycles. The number of nitrogens with two attached hydrogens (primary N) is 2. The molecule has 15 heavy (non-hydrogen) atoms. The minimum absolute atomic E-state index is 0.198. The van der Waals surface area contributed by atoms with E-state index in [4.69, 9.17) is 11.5 Å². The van der Waals surface area contributed by atoms with Gasteiger partial charge in [-0.25, -0.2) is 0 Å². The maximum absolute atomic E-state index is 10.8. The molecule has 0 radical (unpaired) electrons. The van der Waals surface area contributed by atoms with E-state index < -0.39 is 0 Å². The van der Waals surface area contributed by atoms with Crippen LogP contribution in [0.3, 0.4) is 0 Å². The molecule has 3 heteroatoms. The molecule has 82 valence electrons. The predicted octanol–water partition coefficient (Wildman–Crippen LogP) is 1.49. The number of primary amides is 1. The highest BCUT2D eigenvalue weighted by Crippen LogP contribution is 2.22. The van der Waals surface area contributed by atoms with Gasteiger partial charge < -0.3 is 11.5 Å². The molecule has 0 heterocycles. The summed E-state index contributed by atoms with van der Waals surface area (Å²) in [6.45, 7) is 6.10. The van der Waals surface area contributed by atoms with Crippen LogP contribution in [0, 0.1) is 20.8 Å². The zero-order valence-corrected chi connectivity index (χ0v) is 9.50. The smallest absolute Gasteiger partial charge is 0.219 e. The van der Waals surface area contributed by atoms with Crippen LogP contribution in [0.2, 0.25) is 0 Å². The summed E-state index contributed by atoms with van der Waals surface area (Å²) in [5.74, 6) is -0.361. The van der Waals surface area contributed by atoms with Crippen LogP contribution in [0.4, 0.5) is 0 Å². The number of benzene rings is 1. The van der Waals surface area contributed by atoms with Gasteiger partial charge in [-0.3, -0.25) is 4.79 Å². The Kier molecular flexibility index (Phi) is 3.48. The van der Waals surface area contributed by atoms with E-state index in [9.17, 15) is 4.79 Å². The molecule has 0 spiro atoms. The van der Waals surface area contributed by atoms with E-state index in [1.54, 1.807) is 0 Å². The minimum atomic E-state index is -0.361. The first-order valence-electron chi connectivity index (χ1n) is 5.03. The molecule has 0 unspecified atom stereocenters. The Labute approximate surface area is 90.5 Å². The van der Waals surface area contributed by atoms with E-state index in [-0.39, 0.29) is 18.4 Å². The van der Waals surface area contributed by atoms with Gasteiger partial charge >= 0.3 is 0 Å². The lowest BCUT2D eigenvalue weighted by molar-refractivity contribution is -0.118. The third kappa shape index (κ3) is 2.80. The van der Waals surface area contributed by atoms with Gasteiger partial charge in [-0.15, -0.1) is 0 Å². The van der Waals surface area contributed by atoms with E-state index in [1.165, 1.54) is 11.1 Å². The first-order valence-corrected chi connectivity index (χ1v) is 5.03. The average Bonchev–Trinajstić information content (AvgIpc) is 2.09. The topological polar surface area (TPSA) is 69.1 Å². The Morgan fingerprint density at radius 2 is 1.73 bits per heavy atom. The van der Waals surface area contributed by atoms with Crippen molar-refractivity contribution in [2.24, 2.45) is 11.5 Å². The molecule has 3 nitrogen and oxygen atoms in total. The van der Waals surface area contributed by atoms with Crippen LogP contribution in [-0.2, 0) is 4.79 Å². The molecule has 0 aliphatic carbocycles. The van der Waals surface area contributed by atoms with Gasteiger partial charge in [0.1, 0.15) is 0 Å². The molecule has 1 rings (SSSR count). The van der Waals surface area contributed by atoms with E-state index in [0.29, 0.717) is 0 Å². The van der Waals surface area contributed by atoms with Gasteiger partial charge in [0, 0.05) is 12.5 Å². The molecule has 0 saturated carbocycles. The number of amides is 1. The van der Waals surface area contributed by atoms with Gasteiger partial charge in [0.05, 0.1) is 0 Å². The molecule has 0 aromatic heterocycles. The molecular formula is C12H18N2O. The van der Waals surface area contributed by atoms with Gasteiger partial charge in [-0.2, -0.15) is 0 Å². The summed E-state index contributed by atoms with van der Waals surface area (Å²) in [4.78, 5) is 10.8. The standard InChI is InChI=1S/C12H18N2O/c1-7-4-9(3)10(5-8(7)2)11(13)6-12(14)15/h4-5,11H,6,13H2,1-3H3,(H2,14,15)/t11-/m1/s1. The Bertz CT molecular complexity index is 385. The maximum atomic E-state index is 10.8. The van der Waals surface area contributed by atoms with Gasteiger partial charge in [-0.1, -0.05) is 12.1 Å². The van der Waals surface area contributed by atoms with Crippen LogP contribution >= 0.6 is 0 Å². The van der Waals surface area contributed by atoms with Crippen LogP contribution in [-0.4, -0.2) is 5.91 Å². The Morgan fingerprint density at radius 1 is 1.20 bits per heavy atom. The summed E-state index contributed by atoms with van der Waals surface area (Å²) >= 11 is 0.